The van der Waals surface area contributed by atoms with Crippen LogP contribution in [-0.4, -0.2) is 22.9 Å². The Morgan fingerprint density at radius 3 is 2.79 bits per heavy atom. The fraction of sp³-hybridized carbons (Fsp3) is 0.300. The van der Waals surface area contributed by atoms with Gasteiger partial charge in [-0.1, -0.05) is 23.7 Å². The summed E-state index contributed by atoms with van der Waals surface area (Å²) in [6.07, 6.45) is -0.779. The third kappa shape index (κ3) is 2.98. The van der Waals surface area contributed by atoms with Gasteiger partial charge in [-0.2, -0.15) is 0 Å². The Balaban J connectivity index is 2.78. The Bertz CT molecular complexity index is 326. The maximum Gasteiger partial charge on any atom is 0.191 e. The van der Waals surface area contributed by atoms with Crippen LogP contribution in [0.4, 0.5) is 0 Å². The van der Waals surface area contributed by atoms with Crippen molar-refractivity contribution in [1.82, 2.24) is 0 Å². The number of alkyl halides is 1. The molecule has 1 aromatic rings. The Labute approximate surface area is 92.5 Å². The molecule has 0 saturated carbocycles. The molecule has 0 saturated heterocycles. The quantitative estimate of drug-likeness (QED) is 0.640. The molecule has 76 valence electrons. The first-order chi connectivity index (χ1) is 6.65. The SMILES string of the molecule is O=C(c1cccc(Cl)c1)C(O)CCCl. The highest BCUT2D eigenvalue weighted by Gasteiger charge is 2.16. The van der Waals surface area contributed by atoms with Crippen LogP contribution in [-0.2, 0) is 0 Å². The molecule has 0 bridgehead atoms. The lowest BCUT2D eigenvalue weighted by molar-refractivity contribution is 0.0742. The van der Waals surface area contributed by atoms with E-state index in [0.717, 1.165) is 0 Å². The highest BCUT2D eigenvalue weighted by atomic mass is 35.5. The molecule has 0 heterocycles. The summed E-state index contributed by atoms with van der Waals surface area (Å²) in [7, 11) is 0. The van der Waals surface area contributed by atoms with Crippen LogP contribution >= 0.6 is 23.2 Å². The number of carbonyl (C=O) groups excluding carboxylic acids is 1. The van der Waals surface area contributed by atoms with Crippen molar-refractivity contribution in [2.45, 2.75) is 12.5 Å². The highest BCUT2D eigenvalue weighted by Crippen LogP contribution is 2.13. The van der Waals surface area contributed by atoms with Crippen LogP contribution in [0.15, 0.2) is 24.3 Å². The van der Waals surface area contributed by atoms with Gasteiger partial charge in [0.2, 0.25) is 0 Å². The molecule has 1 aromatic carbocycles. The predicted molar refractivity (Wildman–Crippen MR) is 57.1 cm³/mol. The van der Waals surface area contributed by atoms with Crippen LogP contribution in [0.1, 0.15) is 16.8 Å². The maximum absolute atomic E-state index is 11.5. The van der Waals surface area contributed by atoms with Crippen molar-refractivity contribution < 1.29 is 9.90 Å². The number of benzene rings is 1. The van der Waals surface area contributed by atoms with E-state index < -0.39 is 6.10 Å². The Hall–Kier alpha value is -0.570. The number of Topliss-reactive ketones (excluding diaryl/α,β-unsaturated/α-hetero) is 1. The lowest BCUT2D eigenvalue weighted by atomic mass is 10.1. The van der Waals surface area contributed by atoms with Gasteiger partial charge in [0.25, 0.3) is 0 Å². The minimum Gasteiger partial charge on any atom is -0.385 e. The summed E-state index contributed by atoms with van der Waals surface area (Å²) >= 11 is 11.1. The molecule has 0 aliphatic carbocycles. The summed E-state index contributed by atoms with van der Waals surface area (Å²) < 4.78 is 0. The first-order valence-electron chi connectivity index (χ1n) is 4.19. The number of carbonyl (C=O) groups is 1. The van der Waals surface area contributed by atoms with E-state index in [0.29, 0.717) is 10.6 Å². The number of rotatable bonds is 4. The molecule has 2 nitrogen and oxygen atoms in total. The predicted octanol–water partition coefficient (Wildman–Crippen LogP) is 2.51. The first-order valence-corrected chi connectivity index (χ1v) is 5.10. The van der Waals surface area contributed by atoms with Gasteiger partial charge in [0, 0.05) is 16.5 Å². The van der Waals surface area contributed by atoms with E-state index in [1.165, 1.54) is 6.07 Å². The molecule has 0 aromatic heterocycles. The second-order valence-corrected chi connectivity index (χ2v) is 3.68. The normalized spacial score (nSPS) is 12.5. The van der Waals surface area contributed by atoms with Crippen molar-refractivity contribution in [3.05, 3.63) is 34.9 Å². The average Bonchev–Trinajstić information content (AvgIpc) is 2.17. The number of ketones is 1. The van der Waals surface area contributed by atoms with Crippen LogP contribution in [0.2, 0.25) is 5.02 Å². The molecule has 0 aliphatic heterocycles. The lowest BCUT2D eigenvalue weighted by Gasteiger charge is -2.07. The Kier molecular flexibility index (Phi) is 4.39. The first kappa shape index (κ1) is 11.5. The molecule has 0 spiro atoms. The molecular formula is C10H10Cl2O2. The second kappa shape index (κ2) is 5.35. The number of hydrogen-bond acceptors (Lipinski definition) is 2. The highest BCUT2D eigenvalue weighted by molar-refractivity contribution is 6.31. The van der Waals surface area contributed by atoms with Gasteiger partial charge >= 0.3 is 0 Å². The van der Waals surface area contributed by atoms with E-state index >= 15 is 0 Å². The zero-order chi connectivity index (χ0) is 10.6. The molecule has 4 heteroatoms. The van der Waals surface area contributed by atoms with Crippen molar-refractivity contribution in [3.63, 3.8) is 0 Å². The van der Waals surface area contributed by atoms with Gasteiger partial charge in [0.05, 0.1) is 0 Å². The van der Waals surface area contributed by atoms with E-state index in [4.69, 9.17) is 23.2 Å². The van der Waals surface area contributed by atoms with Gasteiger partial charge in [-0.25, -0.2) is 0 Å². The van der Waals surface area contributed by atoms with Gasteiger partial charge < -0.3 is 5.11 Å². The van der Waals surface area contributed by atoms with E-state index in [1.54, 1.807) is 18.2 Å². The summed E-state index contributed by atoms with van der Waals surface area (Å²) in [6.45, 7) is 0. The van der Waals surface area contributed by atoms with E-state index in [-0.39, 0.29) is 18.1 Å². The third-order valence-electron chi connectivity index (χ3n) is 1.79. The fourth-order valence-corrected chi connectivity index (χ4v) is 1.47. The van der Waals surface area contributed by atoms with Crippen LogP contribution in [0.25, 0.3) is 0 Å². The Morgan fingerprint density at radius 1 is 1.50 bits per heavy atom. The van der Waals surface area contributed by atoms with Crippen molar-refractivity contribution in [3.8, 4) is 0 Å². The number of hydrogen-bond donors (Lipinski definition) is 1. The standard InChI is InChI=1S/C10H10Cl2O2/c11-5-4-9(13)10(14)7-2-1-3-8(12)6-7/h1-3,6,9,13H,4-5H2. The smallest absolute Gasteiger partial charge is 0.191 e. The largest absolute Gasteiger partial charge is 0.385 e. The summed E-state index contributed by atoms with van der Waals surface area (Å²) in [5.41, 5.74) is 0.412. The van der Waals surface area contributed by atoms with E-state index in [1.807, 2.05) is 0 Å². The molecule has 1 rings (SSSR count). The van der Waals surface area contributed by atoms with Crippen molar-refractivity contribution in [2.75, 3.05) is 5.88 Å². The van der Waals surface area contributed by atoms with Crippen molar-refractivity contribution >= 4 is 29.0 Å². The monoisotopic (exact) mass is 232 g/mol. The summed E-state index contributed by atoms with van der Waals surface area (Å²) in [4.78, 5) is 11.5. The van der Waals surface area contributed by atoms with E-state index in [2.05, 4.69) is 0 Å². The number of aliphatic hydroxyl groups excluding tert-OH is 1. The Morgan fingerprint density at radius 2 is 2.21 bits per heavy atom. The zero-order valence-corrected chi connectivity index (χ0v) is 8.92. The zero-order valence-electron chi connectivity index (χ0n) is 7.41. The van der Waals surface area contributed by atoms with Crippen LogP contribution in [0, 0.1) is 0 Å². The van der Waals surface area contributed by atoms with Crippen molar-refractivity contribution in [1.29, 1.82) is 0 Å². The molecule has 1 atom stereocenters. The minimum atomic E-state index is -1.04. The minimum absolute atomic E-state index is 0.257. The van der Waals surface area contributed by atoms with Gasteiger partial charge in [0.15, 0.2) is 5.78 Å². The molecule has 0 amide bonds. The van der Waals surface area contributed by atoms with Crippen molar-refractivity contribution in [2.24, 2.45) is 0 Å². The topological polar surface area (TPSA) is 37.3 Å². The summed E-state index contributed by atoms with van der Waals surface area (Å²) in [5, 5.41) is 9.87. The van der Waals surface area contributed by atoms with Gasteiger partial charge in [-0.3, -0.25) is 4.79 Å². The van der Waals surface area contributed by atoms with Gasteiger partial charge in [0.1, 0.15) is 6.10 Å². The molecular weight excluding hydrogens is 223 g/mol. The molecule has 0 aliphatic rings. The molecule has 0 fully saturated rings. The molecule has 1 N–H and O–H groups in total. The lowest BCUT2D eigenvalue weighted by Crippen LogP contribution is -2.20. The summed E-state index contributed by atoms with van der Waals surface area (Å²) in [5.74, 6) is -0.0823. The second-order valence-electron chi connectivity index (χ2n) is 2.87. The van der Waals surface area contributed by atoms with Gasteiger partial charge in [-0.05, 0) is 18.6 Å². The molecule has 0 radical (unpaired) electrons. The van der Waals surface area contributed by atoms with Crippen LogP contribution in [0.5, 0.6) is 0 Å². The van der Waals surface area contributed by atoms with Gasteiger partial charge in [-0.15, -0.1) is 11.6 Å². The van der Waals surface area contributed by atoms with Crippen LogP contribution in [0.3, 0.4) is 0 Å². The van der Waals surface area contributed by atoms with Crippen LogP contribution < -0.4 is 0 Å². The number of aliphatic hydroxyl groups is 1. The van der Waals surface area contributed by atoms with E-state index in [9.17, 15) is 9.90 Å². The molecule has 1 unspecified atom stereocenters. The summed E-state index contributed by atoms with van der Waals surface area (Å²) in [6, 6.07) is 6.49. The fourth-order valence-electron chi connectivity index (χ4n) is 1.07. The molecule has 14 heavy (non-hydrogen) atoms. The number of halogens is 2. The third-order valence-corrected chi connectivity index (χ3v) is 2.25. The average molecular weight is 233 g/mol. The maximum atomic E-state index is 11.5.